The minimum Gasteiger partial charge on any atom is -0.353 e. The summed E-state index contributed by atoms with van der Waals surface area (Å²) in [5.41, 5.74) is 3.11. The molecule has 0 aliphatic carbocycles. The van der Waals surface area contributed by atoms with E-state index in [0.29, 0.717) is 0 Å². The van der Waals surface area contributed by atoms with Gasteiger partial charge in [0.2, 0.25) is 0 Å². The van der Waals surface area contributed by atoms with Crippen LogP contribution in [0.1, 0.15) is 5.56 Å². The number of aromatic nitrogens is 5. The molecule has 1 aromatic carbocycles. The third-order valence-corrected chi connectivity index (χ3v) is 4.03. The van der Waals surface area contributed by atoms with Gasteiger partial charge in [-0.1, -0.05) is 6.07 Å². The Morgan fingerprint density at radius 3 is 2.68 bits per heavy atom. The zero-order valence-electron chi connectivity index (χ0n) is 12.2. The maximum atomic E-state index is 4.37. The predicted octanol–water partition coefficient (Wildman–Crippen LogP) is 1.07. The third kappa shape index (κ3) is 2.62. The lowest BCUT2D eigenvalue weighted by molar-refractivity contribution is 0.249. The van der Waals surface area contributed by atoms with E-state index in [4.69, 9.17) is 0 Å². The van der Waals surface area contributed by atoms with Crippen molar-refractivity contribution in [1.82, 2.24) is 30.3 Å². The first-order valence-corrected chi connectivity index (χ1v) is 7.41. The summed E-state index contributed by atoms with van der Waals surface area (Å²) >= 11 is 0. The van der Waals surface area contributed by atoms with Gasteiger partial charge in [0, 0.05) is 45.1 Å². The summed E-state index contributed by atoms with van der Waals surface area (Å²) in [4.78, 5) is 13.2. The maximum Gasteiger partial charge on any atom is 0.147 e. The Labute approximate surface area is 128 Å². The summed E-state index contributed by atoms with van der Waals surface area (Å²) in [6.45, 7) is 4.94. The third-order valence-electron chi connectivity index (χ3n) is 4.03. The summed E-state index contributed by atoms with van der Waals surface area (Å²) in [5, 5.41) is 10.9. The summed E-state index contributed by atoms with van der Waals surface area (Å²) in [7, 11) is 0. The first-order chi connectivity index (χ1) is 10.9. The number of benzene rings is 1. The highest BCUT2D eigenvalue weighted by Gasteiger charge is 2.18. The fraction of sp³-hybridized carbons (Fsp3) is 0.333. The van der Waals surface area contributed by atoms with E-state index in [-0.39, 0.29) is 0 Å². The Morgan fingerprint density at radius 1 is 1.00 bits per heavy atom. The molecule has 0 atom stereocenters. The molecular weight excluding hydrogens is 278 g/mol. The summed E-state index contributed by atoms with van der Waals surface area (Å²) in [6, 6.07) is 6.25. The second-order valence-electron chi connectivity index (χ2n) is 5.47. The van der Waals surface area contributed by atoms with Gasteiger partial charge in [-0.3, -0.25) is 9.88 Å². The molecule has 1 saturated heterocycles. The Morgan fingerprint density at radius 2 is 1.86 bits per heavy atom. The molecule has 1 aliphatic rings. The highest BCUT2D eigenvalue weighted by atomic mass is 15.3. The quantitative estimate of drug-likeness (QED) is 0.779. The fourth-order valence-electron chi connectivity index (χ4n) is 2.83. The number of H-pyrrole nitrogens is 1. The molecule has 0 saturated carbocycles. The van der Waals surface area contributed by atoms with Gasteiger partial charge in [0.15, 0.2) is 0 Å². The Hall–Kier alpha value is -2.54. The van der Waals surface area contributed by atoms with Crippen molar-refractivity contribution in [2.24, 2.45) is 0 Å². The highest BCUT2D eigenvalue weighted by molar-refractivity contribution is 5.74. The van der Waals surface area contributed by atoms with E-state index < -0.39 is 0 Å². The summed E-state index contributed by atoms with van der Waals surface area (Å²) < 4.78 is 0. The predicted molar refractivity (Wildman–Crippen MR) is 83.4 cm³/mol. The van der Waals surface area contributed by atoms with Crippen LogP contribution in [0.3, 0.4) is 0 Å². The molecule has 1 N–H and O–H groups in total. The number of rotatable bonds is 3. The normalized spacial score (nSPS) is 16.3. The standard InChI is InChI=1S/C15H17N7/c1-2-13-14(19-20-18-13)9-12(1)11-21-5-7-22(8-6-21)15-10-16-3-4-17-15/h1-4,9-10H,5-8,11H2,(H,18,19,20). The van der Waals surface area contributed by atoms with Gasteiger partial charge in [0.1, 0.15) is 16.9 Å². The molecule has 3 aromatic rings. The van der Waals surface area contributed by atoms with Gasteiger partial charge in [-0.2, -0.15) is 15.4 Å². The van der Waals surface area contributed by atoms with Crippen LogP contribution in [0.4, 0.5) is 5.82 Å². The topological polar surface area (TPSA) is 73.8 Å². The first-order valence-electron chi connectivity index (χ1n) is 7.41. The molecule has 7 heteroatoms. The van der Waals surface area contributed by atoms with E-state index in [1.165, 1.54) is 5.56 Å². The van der Waals surface area contributed by atoms with Crippen molar-refractivity contribution in [1.29, 1.82) is 0 Å². The molecule has 2 aromatic heterocycles. The second kappa shape index (κ2) is 5.69. The van der Waals surface area contributed by atoms with Crippen molar-refractivity contribution in [3.63, 3.8) is 0 Å². The van der Waals surface area contributed by atoms with Crippen LogP contribution < -0.4 is 4.90 Å². The van der Waals surface area contributed by atoms with Gasteiger partial charge in [-0.15, -0.1) is 0 Å². The van der Waals surface area contributed by atoms with E-state index in [9.17, 15) is 0 Å². The molecular formula is C15H17N7. The van der Waals surface area contributed by atoms with Crippen LogP contribution in [-0.2, 0) is 6.54 Å². The zero-order valence-corrected chi connectivity index (χ0v) is 12.2. The average molecular weight is 295 g/mol. The lowest BCUT2D eigenvalue weighted by atomic mass is 10.1. The van der Waals surface area contributed by atoms with Crippen molar-refractivity contribution in [3.8, 4) is 0 Å². The lowest BCUT2D eigenvalue weighted by Crippen LogP contribution is -2.46. The zero-order chi connectivity index (χ0) is 14.8. The van der Waals surface area contributed by atoms with E-state index in [0.717, 1.165) is 49.6 Å². The van der Waals surface area contributed by atoms with E-state index >= 15 is 0 Å². The van der Waals surface area contributed by atoms with E-state index in [2.05, 4.69) is 47.3 Å². The number of piperazine rings is 1. The van der Waals surface area contributed by atoms with Crippen LogP contribution in [0.25, 0.3) is 11.0 Å². The first kappa shape index (κ1) is 13.1. The van der Waals surface area contributed by atoms with Crippen molar-refractivity contribution in [2.45, 2.75) is 6.54 Å². The molecule has 22 heavy (non-hydrogen) atoms. The number of hydrogen-bond acceptors (Lipinski definition) is 6. The molecule has 0 radical (unpaired) electrons. The number of nitrogens with zero attached hydrogens (tertiary/aromatic N) is 6. The van der Waals surface area contributed by atoms with Crippen molar-refractivity contribution in [2.75, 3.05) is 31.1 Å². The minimum absolute atomic E-state index is 0.913. The average Bonchev–Trinajstić information content (AvgIpc) is 3.04. The smallest absolute Gasteiger partial charge is 0.147 e. The maximum absolute atomic E-state index is 4.37. The second-order valence-corrected chi connectivity index (χ2v) is 5.47. The lowest BCUT2D eigenvalue weighted by Gasteiger charge is -2.35. The van der Waals surface area contributed by atoms with Crippen LogP contribution in [0.15, 0.2) is 36.8 Å². The van der Waals surface area contributed by atoms with Gasteiger partial charge in [-0.05, 0) is 17.7 Å². The molecule has 0 unspecified atom stereocenters. The number of aromatic amines is 1. The Balaban J connectivity index is 1.39. The van der Waals surface area contributed by atoms with Gasteiger partial charge < -0.3 is 4.90 Å². The molecule has 7 nitrogen and oxygen atoms in total. The monoisotopic (exact) mass is 295 g/mol. The highest BCUT2D eigenvalue weighted by Crippen LogP contribution is 2.16. The molecule has 4 rings (SSSR count). The minimum atomic E-state index is 0.913. The molecule has 0 amide bonds. The van der Waals surface area contributed by atoms with Crippen molar-refractivity contribution < 1.29 is 0 Å². The van der Waals surface area contributed by atoms with E-state index in [1.54, 1.807) is 12.4 Å². The van der Waals surface area contributed by atoms with Gasteiger partial charge in [0.25, 0.3) is 0 Å². The Bertz CT molecular complexity index is 747. The molecule has 1 aliphatic heterocycles. The largest absolute Gasteiger partial charge is 0.353 e. The van der Waals surface area contributed by atoms with Crippen LogP contribution in [0, 0.1) is 0 Å². The van der Waals surface area contributed by atoms with Crippen molar-refractivity contribution >= 4 is 16.9 Å². The molecule has 0 spiro atoms. The molecule has 0 bridgehead atoms. The van der Waals surface area contributed by atoms with Gasteiger partial charge in [-0.25, -0.2) is 4.98 Å². The fourth-order valence-corrected chi connectivity index (χ4v) is 2.83. The number of anilines is 1. The van der Waals surface area contributed by atoms with Crippen LogP contribution in [0.2, 0.25) is 0 Å². The molecule has 1 fully saturated rings. The summed E-state index contributed by atoms with van der Waals surface area (Å²) in [6.07, 6.45) is 5.28. The van der Waals surface area contributed by atoms with Gasteiger partial charge in [0.05, 0.1) is 6.20 Å². The number of nitrogens with one attached hydrogen (secondary N) is 1. The summed E-state index contributed by atoms with van der Waals surface area (Å²) in [5.74, 6) is 0.964. The number of hydrogen-bond donors (Lipinski definition) is 1. The Kier molecular flexibility index (Phi) is 3.40. The molecule has 112 valence electrons. The SMILES string of the molecule is c1cnc(N2CCN(Cc3ccc4n[nH]nc4c3)CC2)cn1. The van der Waals surface area contributed by atoms with Crippen molar-refractivity contribution in [3.05, 3.63) is 42.4 Å². The van der Waals surface area contributed by atoms with Crippen LogP contribution >= 0.6 is 0 Å². The molecule has 3 heterocycles. The van der Waals surface area contributed by atoms with E-state index in [1.807, 2.05) is 12.3 Å². The van der Waals surface area contributed by atoms with Gasteiger partial charge >= 0.3 is 0 Å². The van der Waals surface area contributed by atoms with Crippen LogP contribution in [-0.4, -0.2) is 56.5 Å². The van der Waals surface area contributed by atoms with Crippen LogP contribution in [0.5, 0.6) is 0 Å². The number of fused-ring (bicyclic) bond motifs is 1.